The maximum atomic E-state index is 9.39. The fourth-order valence-electron chi connectivity index (χ4n) is 2.50. The minimum Gasteiger partial charge on any atom is -0.493 e. The van der Waals surface area contributed by atoms with Crippen molar-refractivity contribution in [3.8, 4) is 5.75 Å². The van der Waals surface area contributed by atoms with E-state index in [-0.39, 0.29) is 6.61 Å². The molecular weight excluding hydrogens is 362 g/mol. The van der Waals surface area contributed by atoms with E-state index in [0.717, 1.165) is 23.8 Å². The minimum atomic E-state index is -0.425. The van der Waals surface area contributed by atoms with E-state index in [1.54, 1.807) is 12.4 Å². The van der Waals surface area contributed by atoms with Crippen LogP contribution in [0.4, 0.5) is 11.6 Å². The smallest absolute Gasteiger partial charge is 0.204 e. The van der Waals surface area contributed by atoms with E-state index in [1.165, 1.54) is 11.1 Å². The predicted molar refractivity (Wildman–Crippen MR) is 109 cm³/mol. The normalized spacial score (nSPS) is 13.1. The monoisotopic (exact) mass is 385 g/mol. The van der Waals surface area contributed by atoms with Crippen LogP contribution in [-0.2, 0) is 6.42 Å². The Morgan fingerprint density at radius 3 is 2.33 bits per heavy atom. The van der Waals surface area contributed by atoms with Gasteiger partial charge in [0.15, 0.2) is 0 Å². The Labute approximate surface area is 164 Å². The van der Waals surface area contributed by atoms with Gasteiger partial charge in [0.2, 0.25) is 5.95 Å². The highest BCUT2D eigenvalue weighted by Crippen LogP contribution is 2.22. The van der Waals surface area contributed by atoms with Gasteiger partial charge in [0.1, 0.15) is 5.75 Å². The van der Waals surface area contributed by atoms with E-state index >= 15 is 0 Å². The van der Waals surface area contributed by atoms with Crippen molar-refractivity contribution >= 4 is 23.2 Å². The van der Waals surface area contributed by atoms with Crippen LogP contribution in [0.2, 0.25) is 0 Å². The average molecular weight is 386 g/mol. The molecule has 3 rings (SSSR count). The quantitative estimate of drug-likeness (QED) is 0.478. The second-order valence-electron chi connectivity index (χ2n) is 6.97. The van der Waals surface area contributed by atoms with E-state index in [1.807, 2.05) is 31.2 Å². The number of anilines is 2. The van der Waals surface area contributed by atoms with Crippen molar-refractivity contribution in [2.75, 3.05) is 24.4 Å². The summed E-state index contributed by atoms with van der Waals surface area (Å²) in [4.78, 5) is 7.17. The van der Waals surface area contributed by atoms with Crippen LogP contribution in [0.25, 0.3) is 0 Å². The molecule has 0 spiro atoms. The number of hydrogen-bond donors (Lipinski definition) is 3. The van der Waals surface area contributed by atoms with Crippen LogP contribution in [-0.4, -0.2) is 34.2 Å². The van der Waals surface area contributed by atoms with Crippen molar-refractivity contribution in [2.45, 2.75) is 13.3 Å². The van der Waals surface area contributed by atoms with Gasteiger partial charge in [-0.05, 0) is 41.8 Å². The number of rotatable bonds is 9. The van der Waals surface area contributed by atoms with Crippen LogP contribution in [0, 0.1) is 5.41 Å². The zero-order chi connectivity index (χ0) is 19.1. The second kappa shape index (κ2) is 8.93. The Kier molecular flexibility index (Phi) is 6.37. The van der Waals surface area contributed by atoms with Gasteiger partial charge in [0.25, 0.3) is 0 Å². The van der Waals surface area contributed by atoms with Crippen molar-refractivity contribution in [1.29, 1.82) is 0 Å². The molecule has 3 N–H and O–H groups in total. The molecule has 0 saturated heterocycles. The molecule has 0 aliphatic carbocycles. The van der Waals surface area contributed by atoms with Gasteiger partial charge in [-0.15, -0.1) is 11.6 Å². The van der Waals surface area contributed by atoms with E-state index < -0.39 is 5.41 Å². The summed E-state index contributed by atoms with van der Waals surface area (Å²) in [5, 5.41) is 12.6. The maximum absolute atomic E-state index is 9.39. The third-order valence-corrected chi connectivity index (χ3v) is 4.98. The molecule has 142 valence electrons. The van der Waals surface area contributed by atoms with Gasteiger partial charge in [0.05, 0.1) is 13.2 Å². The van der Waals surface area contributed by atoms with Crippen LogP contribution in [0.5, 0.6) is 5.75 Å². The molecule has 1 heterocycles. The number of hydrogen-bond acceptors (Lipinski definition) is 4. The molecule has 0 aliphatic heterocycles. The molecule has 1 aromatic heterocycles. The minimum absolute atomic E-state index is 0.000637. The van der Waals surface area contributed by atoms with Gasteiger partial charge in [-0.1, -0.05) is 31.2 Å². The summed E-state index contributed by atoms with van der Waals surface area (Å²) in [6.45, 7) is 2.29. The molecule has 0 saturated carbocycles. The van der Waals surface area contributed by atoms with Gasteiger partial charge in [-0.25, -0.2) is 4.98 Å². The Bertz CT molecular complexity index is 814. The van der Waals surface area contributed by atoms with Gasteiger partial charge in [0, 0.05) is 29.4 Å². The van der Waals surface area contributed by atoms with Crippen LogP contribution in [0.15, 0.2) is 60.9 Å². The number of aliphatic hydroxyl groups excluding tert-OH is 1. The maximum Gasteiger partial charge on any atom is 0.204 e. The molecule has 0 aliphatic rings. The lowest BCUT2D eigenvalue weighted by molar-refractivity contribution is 0.100. The number of imidazole rings is 1. The first-order valence-electron chi connectivity index (χ1n) is 8.84. The second-order valence-corrected chi connectivity index (χ2v) is 7.24. The zero-order valence-electron chi connectivity index (χ0n) is 15.3. The van der Waals surface area contributed by atoms with Crippen molar-refractivity contribution in [3.63, 3.8) is 0 Å². The Balaban J connectivity index is 1.55. The number of aromatic amines is 1. The lowest BCUT2D eigenvalue weighted by atomic mass is 9.96. The van der Waals surface area contributed by atoms with Gasteiger partial charge < -0.3 is 20.1 Å². The van der Waals surface area contributed by atoms with Crippen LogP contribution in [0.1, 0.15) is 18.1 Å². The summed E-state index contributed by atoms with van der Waals surface area (Å²) in [5.74, 6) is 1.86. The molecule has 0 bridgehead atoms. The van der Waals surface area contributed by atoms with Crippen LogP contribution >= 0.6 is 11.6 Å². The highest BCUT2D eigenvalue weighted by molar-refractivity contribution is 6.18. The third kappa shape index (κ3) is 5.49. The fourth-order valence-corrected chi connectivity index (χ4v) is 2.66. The van der Waals surface area contributed by atoms with Crippen molar-refractivity contribution in [3.05, 3.63) is 72.1 Å². The summed E-state index contributed by atoms with van der Waals surface area (Å²) in [6.07, 6.45) is 4.34. The standard InChI is InChI=1S/C21H24ClN3O2/c1-21(13-22,14-26)15-27-19-8-4-17(5-9-19)12-16-2-6-18(7-3-16)25-20-23-10-11-24-20/h2-11,26H,12-15H2,1H3,(H2,23,24,25). The fraction of sp³-hybridized carbons (Fsp3) is 0.286. The number of ether oxygens (including phenoxy) is 1. The SMILES string of the molecule is CC(CO)(CCl)COc1ccc(Cc2ccc(Nc3ncc[nH]3)cc2)cc1. The van der Waals surface area contributed by atoms with Crippen molar-refractivity contribution < 1.29 is 9.84 Å². The molecule has 1 unspecified atom stereocenters. The third-order valence-electron chi connectivity index (χ3n) is 4.34. The average Bonchev–Trinajstić information content (AvgIpc) is 3.22. The van der Waals surface area contributed by atoms with Crippen molar-refractivity contribution in [1.82, 2.24) is 9.97 Å². The van der Waals surface area contributed by atoms with E-state index in [9.17, 15) is 5.11 Å². The first-order chi connectivity index (χ1) is 13.1. The largest absolute Gasteiger partial charge is 0.493 e. The number of aliphatic hydroxyl groups is 1. The summed E-state index contributed by atoms with van der Waals surface area (Å²) in [5.41, 5.74) is 3.00. The first-order valence-corrected chi connectivity index (χ1v) is 9.38. The molecule has 27 heavy (non-hydrogen) atoms. The summed E-state index contributed by atoms with van der Waals surface area (Å²) in [6, 6.07) is 16.3. The van der Waals surface area contributed by atoms with Gasteiger partial charge in [-0.2, -0.15) is 0 Å². The van der Waals surface area contributed by atoms with Crippen molar-refractivity contribution in [2.24, 2.45) is 5.41 Å². The zero-order valence-corrected chi connectivity index (χ0v) is 16.0. The van der Waals surface area contributed by atoms with Crippen LogP contribution < -0.4 is 10.1 Å². The summed E-state index contributed by atoms with van der Waals surface area (Å²) in [7, 11) is 0. The Morgan fingerprint density at radius 2 is 1.78 bits per heavy atom. The Morgan fingerprint density at radius 1 is 1.11 bits per heavy atom. The predicted octanol–water partition coefficient (Wildman–Crippen LogP) is 4.36. The Hall–Kier alpha value is -2.50. The van der Waals surface area contributed by atoms with Gasteiger partial charge >= 0.3 is 0 Å². The molecule has 6 heteroatoms. The molecule has 2 aromatic carbocycles. The number of halogens is 1. The number of alkyl halides is 1. The van der Waals surface area contributed by atoms with E-state index in [4.69, 9.17) is 16.3 Å². The number of H-pyrrole nitrogens is 1. The number of aromatic nitrogens is 2. The van der Waals surface area contributed by atoms with E-state index in [0.29, 0.717) is 12.5 Å². The molecule has 0 fully saturated rings. The molecular formula is C21H24ClN3O2. The molecule has 5 nitrogen and oxygen atoms in total. The number of nitrogens with zero attached hydrogens (tertiary/aromatic N) is 1. The van der Waals surface area contributed by atoms with Crippen LogP contribution in [0.3, 0.4) is 0 Å². The molecule has 0 radical (unpaired) electrons. The van der Waals surface area contributed by atoms with Gasteiger partial charge in [-0.3, -0.25) is 0 Å². The summed E-state index contributed by atoms with van der Waals surface area (Å²) < 4.78 is 5.76. The number of benzene rings is 2. The number of nitrogens with one attached hydrogen (secondary N) is 2. The van der Waals surface area contributed by atoms with E-state index in [2.05, 4.69) is 39.6 Å². The summed E-state index contributed by atoms with van der Waals surface area (Å²) >= 11 is 5.89. The highest BCUT2D eigenvalue weighted by atomic mass is 35.5. The lowest BCUT2D eigenvalue weighted by Crippen LogP contribution is -2.31. The highest BCUT2D eigenvalue weighted by Gasteiger charge is 2.23. The molecule has 0 amide bonds. The molecule has 1 atom stereocenters. The first kappa shape index (κ1) is 19.3. The lowest BCUT2D eigenvalue weighted by Gasteiger charge is -2.24. The topological polar surface area (TPSA) is 70.2 Å². The molecule has 3 aromatic rings.